The van der Waals surface area contributed by atoms with Crippen molar-refractivity contribution in [1.29, 1.82) is 0 Å². The summed E-state index contributed by atoms with van der Waals surface area (Å²) in [6.07, 6.45) is 15.1. The van der Waals surface area contributed by atoms with E-state index in [1.54, 1.807) is 0 Å². The number of phenolic OH excluding ortho intramolecular Hbond substituents is 1. The minimum Gasteiger partial charge on any atom is -0.508 e. The van der Waals surface area contributed by atoms with E-state index in [4.69, 9.17) is 20.9 Å². The lowest BCUT2D eigenvalue weighted by Gasteiger charge is -2.42. The molecule has 5 aliphatic heterocycles. The summed E-state index contributed by atoms with van der Waals surface area (Å²) < 4.78 is 38.6. The average molecular weight is 798 g/mol. The SMILES string of the molecule is C#Cc1c(F)ccc2cc(O)cc(-c3ncc4c(N5CC6CCC(C5)N6C(=O)c5cccc6c5CN(C)C6)nc(OCC56CCCN5CCC6)nc4c3F)c12.C=CC=O. The van der Waals surface area contributed by atoms with Crippen LogP contribution < -0.4 is 9.64 Å². The summed E-state index contributed by atoms with van der Waals surface area (Å²) in [5.74, 6) is 1.43. The molecule has 1 amide bonds. The third-order valence-corrected chi connectivity index (χ3v) is 12.9. The first-order valence-corrected chi connectivity index (χ1v) is 20.2. The molecule has 5 aromatic rings. The number of carbonyl (C=O) groups excluding carboxylic acids is 2. The minimum absolute atomic E-state index is 0.00201. The summed E-state index contributed by atoms with van der Waals surface area (Å²) in [4.78, 5) is 46.5. The number of fused-ring (bicyclic) bond motifs is 6. The number of aromatic nitrogens is 3. The molecule has 5 aliphatic rings. The number of aldehydes is 1. The Kier molecular flexibility index (Phi) is 10.0. The molecule has 59 heavy (non-hydrogen) atoms. The van der Waals surface area contributed by atoms with Crippen LogP contribution in [0.25, 0.3) is 32.9 Å². The second kappa shape index (κ2) is 15.3. The van der Waals surface area contributed by atoms with Gasteiger partial charge < -0.3 is 19.6 Å². The normalized spacial score (nSPS) is 20.6. The van der Waals surface area contributed by atoms with Gasteiger partial charge in [0.2, 0.25) is 0 Å². The molecule has 2 aromatic heterocycles. The number of terminal acetylenes is 1. The summed E-state index contributed by atoms with van der Waals surface area (Å²) in [5, 5.41) is 11.8. The molecule has 2 atom stereocenters. The van der Waals surface area contributed by atoms with Crippen LogP contribution in [0.4, 0.5) is 14.6 Å². The number of rotatable bonds is 7. The second-order valence-corrected chi connectivity index (χ2v) is 16.4. The molecule has 0 spiro atoms. The highest BCUT2D eigenvalue weighted by atomic mass is 19.1. The summed E-state index contributed by atoms with van der Waals surface area (Å²) in [5.41, 5.74) is 2.97. The molecule has 0 radical (unpaired) electrons. The van der Waals surface area contributed by atoms with Gasteiger partial charge >= 0.3 is 6.01 Å². The highest BCUT2D eigenvalue weighted by Gasteiger charge is 2.46. The van der Waals surface area contributed by atoms with Crippen LogP contribution in [-0.2, 0) is 17.9 Å². The second-order valence-electron chi connectivity index (χ2n) is 16.4. The zero-order chi connectivity index (χ0) is 41.0. The smallest absolute Gasteiger partial charge is 0.319 e. The lowest BCUT2D eigenvalue weighted by atomic mass is 9.95. The number of nitrogens with zero attached hydrogens (tertiary/aromatic N) is 7. The molecular formula is C46H45F2N7O4. The summed E-state index contributed by atoms with van der Waals surface area (Å²) in [6.45, 7) is 8.16. The Morgan fingerprint density at radius 2 is 1.83 bits per heavy atom. The van der Waals surface area contributed by atoms with Crippen molar-refractivity contribution in [3.63, 3.8) is 0 Å². The molecule has 7 heterocycles. The molecule has 2 bridgehead atoms. The van der Waals surface area contributed by atoms with Gasteiger partial charge in [0, 0.05) is 48.9 Å². The number of carbonyl (C=O) groups is 2. The first-order valence-electron chi connectivity index (χ1n) is 20.2. The Bertz CT molecular complexity index is 2550. The van der Waals surface area contributed by atoms with Crippen LogP contribution in [0.15, 0.2) is 61.3 Å². The van der Waals surface area contributed by atoms with Crippen molar-refractivity contribution in [2.45, 2.75) is 69.2 Å². The van der Waals surface area contributed by atoms with E-state index in [-0.39, 0.29) is 63.0 Å². The number of allylic oxidation sites excluding steroid dienone is 1. The molecule has 4 saturated heterocycles. The van der Waals surface area contributed by atoms with Crippen molar-refractivity contribution in [2.24, 2.45) is 0 Å². The molecule has 0 aliphatic carbocycles. The van der Waals surface area contributed by atoms with Gasteiger partial charge in [0.1, 0.15) is 41.5 Å². The Balaban J connectivity index is 0.00000108. The molecule has 1 N–H and O–H groups in total. The number of piperazine rings is 1. The van der Waals surface area contributed by atoms with Crippen molar-refractivity contribution in [3.05, 3.63) is 95.2 Å². The van der Waals surface area contributed by atoms with Crippen molar-refractivity contribution in [2.75, 3.05) is 44.7 Å². The summed E-state index contributed by atoms with van der Waals surface area (Å²) in [6, 6.07) is 11.5. The van der Waals surface area contributed by atoms with Gasteiger partial charge in [-0.2, -0.15) is 9.97 Å². The molecule has 2 unspecified atom stereocenters. The Morgan fingerprint density at radius 3 is 2.54 bits per heavy atom. The number of hydrogen-bond acceptors (Lipinski definition) is 10. The number of hydrogen-bond donors (Lipinski definition) is 1. The van der Waals surface area contributed by atoms with Gasteiger partial charge in [0.25, 0.3) is 5.91 Å². The number of amides is 1. The maximum Gasteiger partial charge on any atom is 0.319 e. The topological polar surface area (TPSA) is 115 Å². The molecule has 0 saturated carbocycles. The lowest BCUT2D eigenvalue weighted by molar-refractivity contribution is -0.104. The number of benzene rings is 3. The van der Waals surface area contributed by atoms with Crippen LogP contribution >= 0.6 is 0 Å². The summed E-state index contributed by atoms with van der Waals surface area (Å²) in [7, 11) is 2.07. The van der Waals surface area contributed by atoms with Gasteiger partial charge in [-0.25, -0.2) is 8.78 Å². The van der Waals surface area contributed by atoms with E-state index in [1.807, 2.05) is 12.1 Å². The van der Waals surface area contributed by atoms with E-state index in [0.29, 0.717) is 42.6 Å². The number of aromatic hydroxyl groups is 1. The van der Waals surface area contributed by atoms with E-state index in [9.17, 15) is 9.90 Å². The highest BCUT2D eigenvalue weighted by molar-refractivity contribution is 6.03. The number of pyridine rings is 1. The predicted molar refractivity (Wildman–Crippen MR) is 221 cm³/mol. The van der Waals surface area contributed by atoms with Crippen molar-refractivity contribution < 1.29 is 28.2 Å². The molecule has 11 nitrogen and oxygen atoms in total. The maximum atomic E-state index is 17.2. The number of phenols is 1. The number of ether oxygens (including phenoxy) is 1. The van der Waals surface area contributed by atoms with Gasteiger partial charge in [0.15, 0.2) is 5.82 Å². The minimum atomic E-state index is -0.758. The molecule has 302 valence electrons. The quantitative estimate of drug-likeness (QED) is 0.109. The van der Waals surface area contributed by atoms with Crippen LogP contribution in [0.1, 0.15) is 65.6 Å². The van der Waals surface area contributed by atoms with Gasteiger partial charge in [-0.3, -0.25) is 24.4 Å². The number of anilines is 1. The zero-order valence-electron chi connectivity index (χ0n) is 33.0. The predicted octanol–water partition coefficient (Wildman–Crippen LogP) is 6.63. The third-order valence-electron chi connectivity index (χ3n) is 12.9. The third kappa shape index (κ3) is 6.64. The standard InChI is InChI=1S/C43H41F2N7O3.C3H4O/c1-3-30-35(44)12-9-25-17-29(53)18-32(36(25)30)38-37(45)39-33(19-46-38)40(48-42(47-39)55-24-43-13-5-15-51(43)16-6-14-43)50-21-27-10-11-28(22-50)52(27)41(54)31-8-4-7-26-20-49(2)23-34(26)31;1-2-3-4/h1,4,7-9,12,17-19,27-28,53H,5-6,10-11,13-16,20-24H2,2H3;2-3H,1H2. The maximum absolute atomic E-state index is 17.2. The largest absolute Gasteiger partial charge is 0.508 e. The van der Waals surface area contributed by atoms with Crippen LogP contribution in [0.5, 0.6) is 11.8 Å². The molecular weight excluding hydrogens is 753 g/mol. The first kappa shape index (κ1) is 38.5. The van der Waals surface area contributed by atoms with Crippen LogP contribution in [0.3, 0.4) is 0 Å². The average Bonchev–Trinajstić information content (AvgIpc) is 4.00. The van der Waals surface area contributed by atoms with Gasteiger partial charge in [-0.1, -0.05) is 30.7 Å². The first-order chi connectivity index (χ1) is 28.6. The van der Waals surface area contributed by atoms with Gasteiger partial charge in [-0.05, 0) is 106 Å². The van der Waals surface area contributed by atoms with Crippen molar-refractivity contribution >= 4 is 39.7 Å². The van der Waals surface area contributed by atoms with Crippen LogP contribution in [0, 0.1) is 24.0 Å². The lowest BCUT2D eigenvalue weighted by Crippen LogP contribution is -2.56. The van der Waals surface area contributed by atoms with Crippen molar-refractivity contribution in [3.8, 4) is 35.4 Å². The Morgan fingerprint density at radius 1 is 1.08 bits per heavy atom. The molecule has 3 aromatic carbocycles. The van der Waals surface area contributed by atoms with E-state index in [1.165, 1.54) is 42.1 Å². The highest BCUT2D eigenvalue weighted by Crippen LogP contribution is 2.42. The van der Waals surface area contributed by atoms with E-state index < -0.39 is 11.6 Å². The molecule has 10 rings (SSSR count). The Labute approximate surface area is 341 Å². The van der Waals surface area contributed by atoms with Gasteiger partial charge in [0.05, 0.1) is 28.6 Å². The van der Waals surface area contributed by atoms with E-state index in [2.05, 4.69) is 55.2 Å². The zero-order valence-corrected chi connectivity index (χ0v) is 33.0. The van der Waals surface area contributed by atoms with Crippen LogP contribution in [0.2, 0.25) is 0 Å². The van der Waals surface area contributed by atoms with E-state index in [0.717, 1.165) is 75.8 Å². The molecule has 13 heteroatoms. The van der Waals surface area contributed by atoms with Crippen molar-refractivity contribution in [1.82, 2.24) is 29.7 Å². The van der Waals surface area contributed by atoms with Crippen LogP contribution in [-0.4, -0.2) is 104 Å². The monoisotopic (exact) mass is 797 g/mol. The Hall–Kier alpha value is -5.97. The molecule has 4 fully saturated rings. The van der Waals surface area contributed by atoms with Gasteiger partial charge in [-0.15, -0.1) is 6.42 Å². The summed E-state index contributed by atoms with van der Waals surface area (Å²) >= 11 is 0. The fourth-order valence-electron chi connectivity index (χ4n) is 10.3. The fraction of sp³-hybridized carbons (Fsp3) is 0.370. The number of halogens is 2. The van der Waals surface area contributed by atoms with E-state index >= 15 is 8.78 Å². The fourth-order valence-corrected chi connectivity index (χ4v) is 10.3.